The third-order valence-corrected chi connectivity index (χ3v) is 10.1. The first-order chi connectivity index (χ1) is 23.3. The van der Waals surface area contributed by atoms with E-state index in [0.29, 0.717) is 0 Å². The number of benzene rings is 8. The van der Waals surface area contributed by atoms with Crippen LogP contribution in [-0.2, 0) is 0 Å². The summed E-state index contributed by atoms with van der Waals surface area (Å²) >= 11 is 0. The third kappa shape index (κ3) is 3.30. The second-order valence-electron chi connectivity index (χ2n) is 12.5. The van der Waals surface area contributed by atoms with Gasteiger partial charge in [-0.15, -0.1) is 0 Å². The van der Waals surface area contributed by atoms with E-state index in [-0.39, 0.29) is 0 Å². The molecule has 1 aliphatic rings. The van der Waals surface area contributed by atoms with Crippen molar-refractivity contribution in [3.05, 3.63) is 152 Å². The fourth-order valence-electron chi connectivity index (χ4n) is 8.11. The molecule has 10 aromatic rings. The Bertz CT molecular complexity index is 2940. The lowest BCUT2D eigenvalue weighted by atomic mass is 9.90. The molecule has 8 aromatic carbocycles. The number of hydrogen-bond donors (Lipinski definition) is 0. The van der Waals surface area contributed by atoms with Gasteiger partial charge < -0.3 is 0 Å². The van der Waals surface area contributed by atoms with Gasteiger partial charge in [0.2, 0.25) is 0 Å². The summed E-state index contributed by atoms with van der Waals surface area (Å²) < 4.78 is 2.39. The van der Waals surface area contributed by atoms with Crippen molar-refractivity contribution in [1.29, 1.82) is 0 Å². The molecule has 2 aromatic heterocycles. The minimum absolute atomic E-state index is 0.839. The Labute approximate surface area is 270 Å². The summed E-state index contributed by atoms with van der Waals surface area (Å²) in [6, 6.07) is 54.6. The maximum absolute atomic E-state index is 5.43. The SMILES string of the molecule is c1ccc(-c2nc3ccccc3nc2-n2c3cc(-c4ccccc4)c4cccc5c4c3c3c4c(ccc6cccc-5c64)ccc32)cc1. The van der Waals surface area contributed by atoms with E-state index in [1.54, 1.807) is 0 Å². The van der Waals surface area contributed by atoms with Crippen LogP contribution in [0.15, 0.2) is 152 Å². The number of hydrogen-bond acceptors (Lipinski definition) is 2. The molecule has 0 aliphatic heterocycles. The first-order valence-electron chi connectivity index (χ1n) is 16.1. The van der Waals surface area contributed by atoms with Gasteiger partial charge in [0, 0.05) is 27.1 Å². The number of rotatable bonds is 3. The van der Waals surface area contributed by atoms with Crippen molar-refractivity contribution >= 4 is 65.2 Å². The minimum atomic E-state index is 0.839. The molecule has 1 aliphatic carbocycles. The summed E-state index contributed by atoms with van der Waals surface area (Å²) in [6.45, 7) is 0. The van der Waals surface area contributed by atoms with Crippen LogP contribution in [0.3, 0.4) is 0 Å². The number of para-hydroxylation sites is 2. The van der Waals surface area contributed by atoms with Crippen LogP contribution >= 0.6 is 0 Å². The zero-order valence-electron chi connectivity index (χ0n) is 25.3. The molecule has 3 nitrogen and oxygen atoms in total. The molecule has 0 atom stereocenters. The molecule has 0 saturated heterocycles. The van der Waals surface area contributed by atoms with Gasteiger partial charge in [0.1, 0.15) is 5.69 Å². The van der Waals surface area contributed by atoms with E-state index >= 15 is 0 Å². The van der Waals surface area contributed by atoms with Gasteiger partial charge in [-0.2, -0.15) is 0 Å². The largest absolute Gasteiger partial charge is 0.292 e. The van der Waals surface area contributed by atoms with Crippen molar-refractivity contribution in [2.45, 2.75) is 0 Å². The lowest BCUT2D eigenvalue weighted by molar-refractivity contribution is 1.08. The van der Waals surface area contributed by atoms with Crippen molar-refractivity contribution in [2.75, 3.05) is 0 Å². The van der Waals surface area contributed by atoms with Gasteiger partial charge in [0.25, 0.3) is 0 Å². The first kappa shape index (κ1) is 24.9. The summed E-state index contributed by atoms with van der Waals surface area (Å²) in [5.41, 5.74) is 10.9. The fourth-order valence-corrected chi connectivity index (χ4v) is 8.11. The third-order valence-electron chi connectivity index (χ3n) is 10.1. The van der Waals surface area contributed by atoms with Crippen LogP contribution in [-0.4, -0.2) is 14.5 Å². The Balaban J connectivity index is 1.44. The van der Waals surface area contributed by atoms with Gasteiger partial charge in [0.15, 0.2) is 5.82 Å². The summed E-state index contributed by atoms with van der Waals surface area (Å²) in [5, 5.41) is 10.2. The van der Waals surface area contributed by atoms with Crippen molar-refractivity contribution in [3.8, 4) is 39.3 Å². The molecule has 216 valence electrons. The lowest BCUT2D eigenvalue weighted by Gasteiger charge is -2.17. The van der Waals surface area contributed by atoms with Crippen LogP contribution in [0.4, 0.5) is 0 Å². The molecule has 0 fully saturated rings. The first-order valence-corrected chi connectivity index (χ1v) is 16.1. The molecule has 0 bridgehead atoms. The van der Waals surface area contributed by atoms with Crippen LogP contribution in [0.2, 0.25) is 0 Å². The number of nitrogens with zero attached hydrogens (tertiary/aromatic N) is 3. The summed E-state index contributed by atoms with van der Waals surface area (Å²) in [6.07, 6.45) is 0. The number of aromatic nitrogens is 3. The fraction of sp³-hybridized carbons (Fsp3) is 0. The van der Waals surface area contributed by atoms with Crippen LogP contribution in [0.5, 0.6) is 0 Å². The Morgan fingerprint density at radius 2 is 1.00 bits per heavy atom. The molecule has 0 amide bonds. The maximum atomic E-state index is 5.43. The highest BCUT2D eigenvalue weighted by molar-refractivity contribution is 6.39. The average Bonchev–Trinajstić information content (AvgIpc) is 3.41. The Hall–Kier alpha value is -6.32. The topological polar surface area (TPSA) is 30.7 Å². The smallest absolute Gasteiger partial charge is 0.165 e. The molecule has 0 unspecified atom stereocenters. The van der Waals surface area contributed by atoms with Gasteiger partial charge in [-0.1, -0.05) is 127 Å². The molecule has 11 rings (SSSR count). The summed E-state index contributed by atoms with van der Waals surface area (Å²) in [7, 11) is 0. The highest BCUT2D eigenvalue weighted by Gasteiger charge is 2.27. The summed E-state index contributed by atoms with van der Waals surface area (Å²) in [4.78, 5) is 10.7. The van der Waals surface area contributed by atoms with E-state index in [4.69, 9.17) is 9.97 Å². The Kier molecular flexibility index (Phi) is 4.84. The van der Waals surface area contributed by atoms with Crippen LogP contribution in [0.25, 0.3) is 104 Å². The predicted octanol–water partition coefficient (Wildman–Crippen LogP) is 11.5. The maximum Gasteiger partial charge on any atom is 0.165 e. The van der Waals surface area contributed by atoms with Gasteiger partial charge >= 0.3 is 0 Å². The molecule has 0 spiro atoms. The normalized spacial score (nSPS) is 12.3. The highest BCUT2D eigenvalue weighted by atomic mass is 15.1. The molecular weight excluding hydrogens is 571 g/mol. The van der Waals surface area contributed by atoms with Gasteiger partial charge in [-0.3, -0.25) is 4.57 Å². The molecule has 47 heavy (non-hydrogen) atoms. The lowest BCUT2D eigenvalue weighted by Crippen LogP contribution is -2.04. The average molecular weight is 596 g/mol. The number of fused-ring (bicyclic) bond motifs is 2. The van der Waals surface area contributed by atoms with Crippen molar-refractivity contribution in [1.82, 2.24) is 14.5 Å². The molecule has 0 saturated carbocycles. The Morgan fingerprint density at radius 3 is 1.79 bits per heavy atom. The van der Waals surface area contributed by atoms with Gasteiger partial charge in [-0.25, -0.2) is 9.97 Å². The van der Waals surface area contributed by atoms with E-state index in [1.807, 2.05) is 12.1 Å². The zero-order chi connectivity index (χ0) is 30.6. The van der Waals surface area contributed by atoms with Crippen molar-refractivity contribution < 1.29 is 0 Å². The molecule has 0 N–H and O–H groups in total. The minimum Gasteiger partial charge on any atom is -0.292 e. The van der Waals surface area contributed by atoms with Crippen LogP contribution in [0.1, 0.15) is 0 Å². The molecule has 2 heterocycles. The van der Waals surface area contributed by atoms with E-state index in [0.717, 1.165) is 39.1 Å². The van der Waals surface area contributed by atoms with Crippen LogP contribution in [0, 0.1) is 0 Å². The van der Waals surface area contributed by atoms with Crippen LogP contribution < -0.4 is 0 Å². The quantitative estimate of drug-likeness (QED) is 0.190. The predicted molar refractivity (Wildman–Crippen MR) is 196 cm³/mol. The van der Waals surface area contributed by atoms with Crippen molar-refractivity contribution in [2.24, 2.45) is 0 Å². The standard InChI is InChI=1S/C44H25N3/c1-3-11-26(12-4-1)33-25-37-42-40-31(17-10-18-32(33)40)30-16-9-15-27-21-22-28-23-24-36(41(42)39(28)38(27)30)47(37)44-43(29-13-5-2-6-14-29)45-34-19-7-8-20-35(34)46-44/h1-25H. The van der Waals surface area contributed by atoms with E-state index in [2.05, 4.69) is 144 Å². The second kappa shape index (κ2) is 9.12. The molecule has 3 heteroatoms. The van der Waals surface area contributed by atoms with E-state index in [1.165, 1.54) is 65.3 Å². The second-order valence-corrected chi connectivity index (χ2v) is 12.5. The molecule has 0 radical (unpaired) electrons. The molecular formula is C44H25N3. The monoisotopic (exact) mass is 595 g/mol. The van der Waals surface area contributed by atoms with Gasteiger partial charge in [0.05, 0.1) is 22.1 Å². The summed E-state index contributed by atoms with van der Waals surface area (Å²) in [5.74, 6) is 0.839. The highest BCUT2D eigenvalue weighted by Crippen LogP contribution is 2.51. The van der Waals surface area contributed by atoms with E-state index in [9.17, 15) is 0 Å². The van der Waals surface area contributed by atoms with Crippen molar-refractivity contribution in [3.63, 3.8) is 0 Å². The van der Waals surface area contributed by atoms with E-state index < -0.39 is 0 Å². The van der Waals surface area contributed by atoms with Gasteiger partial charge in [-0.05, 0) is 68.1 Å². The zero-order valence-corrected chi connectivity index (χ0v) is 25.3. The Morgan fingerprint density at radius 1 is 0.383 bits per heavy atom.